The molecule has 1 unspecified atom stereocenters. The molecule has 0 spiro atoms. The smallest absolute Gasteiger partial charge is 0.311 e. The fourth-order valence-corrected chi connectivity index (χ4v) is 1.70. The first-order chi connectivity index (χ1) is 8.19. The standard InChI is InChI=1S/C12H16FNO4/c1-8(7-12(2,3)15)18-11-6-9(13)4-5-10(11)14(16)17/h4-6,8,15H,7H2,1-3H3. The molecule has 0 aromatic heterocycles. The van der Waals surface area contributed by atoms with Crippen LogP contribution in [-0.4, -0.2) is 21.7 Å². The second-order valence-corrected chi connectivity index (χ2v) is 4.81. The van der Waals surface area contributed by atoms with Gasteiger partial charge in [0.15, 0.2) is 5.75 Å². The van der Waals surface area contributed by atoms with Crippen molar-refractivity contribution in [3.05, 3.63) is 34.1 Å². The van der Waals surface area contributed by atoms with Gasteiger partial charge in [-0.05, 0) is 26.8 Å². The molecule has 1 N–H and O–H groups in total. The van der Waals surface area contributed by atoms with Crippen LogP contribution < -0.4 is 4.74 Å². The highest BCUT2D eigenvalue weighted by Crippen LogP contribution is 2.29. The molecule has 0 saturated heterocycles. The summed E-state index contributed by atoms with van der Waals surface area (Å²) in [6, 6.07) is 3.03. The average molecular weight is 257 g/mol. The van der Waals surface area contributed by atoms with E-state index < -0.39 is 22.4 Å². The van der Waals surface area contributed by atoms with Gasteiger partial charge >= 0.3 is 5.69 Å². The summed E-state index contributed by atoms with van der Waals surface area (Å²) in [6.45, 7) is 4.87. The van der Waals surface area contributed by atoms with Crippen LogP contribution in [-0.2, 0) is 0 Å². The highest BCUT2D eigenvalue weighted by Gasteiger charge is 2.22. The summed E-state index contributed by atoms with van der Waals surface area (Å²) >= 11 is 0. The minimum absolute atomic E-state index is 0.128. The van der Waals surface area contributed by atoms with E-state index in [-0.39, 0.29) is 17.9 Å². The second-order valence-electron chi connectivity index (χ2n) is 4.81. The third-order valence-electron chi connectivity index (χ3n) is 2.23. The van der Waals surface area contributed by atoms with Crippen LogP contribution >= 0.6 is 0 Å². The lowest BCUT2D eigenvalue weighted by atomic mass is 10.0. The summed E-state index contributed by atoms with van der Waals surface area (Å²) in [5.41, 5.74) is -1.25. The van der Waals surface area contributed by atoms with Crippen molar-refractivity contribution in [2.75, 3.05) is 0 Å². The van der Waals surface area contributed by atoms with E-state index in [0.717, 1.165) is 18.2 Å². The van der Waals surface area contributed by atoms with Gasteiger partial charge in [0, 0.05) is 18.6 Å². The number of rotatable bonds is 5. The Bertz CT molecular complexity index is 442. The third kappa shape index (κ3) is 4.29. The molecule has 0 bridgehead atoms. The Balaban J connectivity index is 2.89. The van der Waals surface area contributed by atoms with Gasteiger partial charge in [-0.3, -0.25) is 10.1 Å². The van der Waals surface area contributed by atoms with Crippen molar-refractivity contribution in [3.63, 3.8) is 0 Å². The summed E-state index contributed by atoms with van der Waals surface area (Å²) in [6.07, 6.45) is -0.189. The number of hydrogen-bond acceptors (Lipinski definition) is 4. The van der Waals surface area contributed by atoms with Crippen molar-refractivity contribution < 1.29 is 19.2 Å². The highest BCUT2D eigenvalue weighted by molar-refractivity contribution is 5.46. The molecule has 0 radical (unpaired) electrons. The number of nitro groups is 1. The number of aliphatic hydroxyl groups is 1. The first-order valence-electron chi connectivity index (χ1n) is 5.52. The van der Waals surface area contributed by atoms with E-state index in [9.17, 15) is 19.6 Å². The van der Waals surface area contributed by atoms with Crippen LogP contribution in [0.1, 0.15) is 27.2 Å². The van der Waals surface area contributed by atoms with E-state index >= 15 is 0 Å². The van der Waals surface area contributed by atoms with Gasteiger partial charge < -0.3 is 9.84 Å². The molecule has 0 fully saturated rings. The number of benzene rings is 1. The fourth-order valence-electron chi connectivity index (χ4n) is 1.70. The van der Waals surface area contributed by atoms with Gasteiger partial charge in [0.25, 0.3) is 0 Å². The molecule has 0 aliphatic heterocycles. The highest BCUT2D eigenvalue weighted by atomic mass is 19.1. The molecule has 1 aromatic carbocycles. The van der Waals surface area contributed by atoms with Gasteiger partial charge in [-0.1, -0.05) is 0 Å². The van der Waals surface area contributed by atoms with Gasteiger partial charge in [0.1, 0.15) is 5.82 Å². The fraction of sp³-hybridized carbons (Fsp3) is 0.500. The monoisotopic (exact) mass is 257 g/mol. The van der Waals surface area contributed by atoms with Gasteiger partial charge in [0.2, 0.25) is 0 Å². The van der Waals surface area contributed by atoms with Crippen molar-refractivity contribution in [2.24, 2.45) is 0 Å². The Morgan fingerprint density at radius 2 is 2.17 bits per heavy atom. The van der Waals surface area contributed by atoms with E-state index in [1.54, 1.807) is 20.8 Å². The quantitative estimate of drug-likeness (QED) is 0.650. The molecule has 1 rings (SSSR count). The van der Waals surface area contributed by atoms with E-state index in [4.69, 9.17) is 4.74 Å². The zero-order valence-electron chi connectivity index (χ0n) is 10.5. The first-order valence-corrected chi connectivity index (χ1v) is 5.52. The molecule has 1 atom stereocenters. The molecule has 5 nitrogen and oxygen atoms in total. The maximum Gasteiger partial charge on any atom is 0.311 e. The second kappa shape index (κ2) is 5.30. The third-order valence-corrected chi connectivity index (χ3v) is 2.23. The van der Waals surface area contributed by atoms with Crippen LogP contribution in [0.3, 0.4) is 0 Å². The minimum Gasteiger partial charge on any atom is -0.484 e. The normalized spacial score (nSPS) is 13.2. The molecule has 0 heterocycles. The molecule has 0 aliphatic carbocycles. The molecular formula is C12H16FNO4. The van der Waals surface area contributed by atoms with E-state index in [2.05, 4.69) is 0 Å². The summed E-state index contributed by atoms with van der Waals surface area (Å²) < 4.78 is 18.4. The van der Waals surface area contributed by atoms with Crippen LogP contribution in [0, 0.1) is 15.9 Å². The summed E-state index contributed by atoms with van der Waals surface area (Å²) in [7, 11) is 0. The average Bonchev–Trinajstić information content (AvgIpc) is 2.13. The lowest BCUT2D eigenvalue weighted by Gasteiger charge is -2.22. The SMILES string of the molecule is CC(CC(C)(C)O)Oc1cc(F)ccc1[N+](=O)[O-]. The number of nitro benzene ring substituents is 1. The molecular weight excluding hydrogens is 241 g/mol. The minimum atomic E-state index is -0.957. The molecule has 6 heteroatoms. The topological polar surface area (TPSA) is 72.6 Å². The van der Waals surface area contributed by atoms with Crippen LogP contribution in [0.15, 0.2) is 18.2 Å². The maximum atomic E-state index is 13.0. The molecule has 100 valence electrons. The van der Waals surface area contributed by atoms with Gasteiger partial charge in [-0.2, -0.15) is 0 Å². The van der Waals surface area contributed by atoms with Crippen LogP contribution in [0.5, 0.6) is 5.75 Å². The van der Waals surface area contributed by atoms with Gasteiger partial charge in [-0.15, -0.1) is 0 Å². The number of nitrogens with zero attached hydrogens (tertiary/aromatic N) is 1. The Kier molecular flexibility index (Phi) is 4.24. The molecule has 0 saturated carbocycles. The Morgan fingerprint density at radius 3 is 2.67 bits per heavy atom. The van der Waals surface area contributed by atoms with Crippen molar-refractivity contribution in [3.8, 4) is 5.75 Å². The van der Waals surface area contributed by atoms with Gasteiger partial charge in [0.05, 0.1) is 16.6 Å². The van der Waals surface area contributed by atoms with E-state index in [1.807, 2.05) is 0 Å². The number of halogens is 1. The van der Waals surface area contributed by atoms with Crippen molar-refractivity contribution in [2.45, 2.75) is 38.9 Å². The lowest BCUT2D eigenvalue weighted by molar-refractivity contribution is -0.386. The Labute approximate surface area is 104 Å². The first kappa shape index (κ1) is 14.4. The predicted molar refractivity (Wildman–Crippen MR) is 64.1 cm³/mol. The molecule has 1 aromatic rings. The van der Waals surface area contributed by atoms with E-state index in [0.29, 0.717) is 0 Å². The van der Waals surface area contributed by atoms with Crippen LogP contribution in [0.2, 0.25) is 0 Å². The van der Waals surface area contributed by atoms with Crippen molar-refractivity contribution >= 4 is 5.69 Å². The predicted octanol–water partition coefficient (Wildman–Crippen LogP) is 2.66. The molecule has 0 aliphatic rings. The summed E-state index contributed by atoms with van der Waals surface area (Å²) in [5, 5.41) is 20.4. The zero-order chi connectivity index (χ0) is 13.9. The van der Waals surface area contributed by atoms with Crippen LogP contribution in [0.25, 0.3) is 0 Å². The van der Waals surface area contributed by atoms with Gasteiger partial charge in [-0.25, -0.2) is 4.39 Å². The van der Waals surface area contributed by atoms with Crippen LogP contribution in [0.4, 0.5) is 10.1 Å². The van der Waals surface area contributed by atoms with E-state index in [1.165, 1.54) is 0 Å². The largest absolute Gasteiger partial charge is 0.484 e. The Morgan fingerprint density at radius 1 is 1.56 bits per heavy atom. The number of hydrogen-bond donors (Lipinski definition) is 1. The van der Waals surface area contributed by atoms with Crippen molar-refractivity contribution in [1.82, 2.24) is 0 Å². The maximum absolute atomic E-state index is 13.0. The molecule has 0 amide bonds. The summed E-state index contributed by atoms with van der Waals surface area (Å²) in [4.78, 5) is 10.1. The number of ether oxygens (including phenoxy) is 1. The Hall–Kier alpha value is -1.69. The lowest BCUT2D eigenvalue weighted by Crippen LogP contribution is -2.28. The van der Waals surface area contributed by atoms with Crippen molar-refractivity contribution in [1.29, 1.82) is 0 Å². The zero-order valence-corrected chi connectivity index (χ0v) is 10.5. The summed E-state index contributed by atoms with van der Waals surface area (Å²) in [5.74, 6) is -0.734. The molecule has 18 heavy (non-hydrogen) atoms.